The van der Waals surface area contributed by atoms with Crippen LogP contribution in [-0.4, -0.2) is 28.4 Å². The molecule has 0 spiro atoms. The Bertz CT molecular complexity index is 1320. The highest BCUT2D eigenvalue weighted by molar-refractivity contribution is 6.48. The van der Waals surface area contributed by atoms with Crippen LogP contribution in [0.15, 0.2) is 89.6 Å². The van der Waals surface area contributed by atoms with Gasteiger partial charge in [-0.1, -0.05) is 48.0 Å². The molecule has 0 atom stereocenters. The summed E-state index contributed by atoms with van der Waals surface area (Å²) in [6.45, 7) is 1.57. The third-order valence-electron chi connectivity index (χ3n) is 5.24. The van der Waals surface area contributed by atoms with Gasteiger partial charge in [-0.05, 0) is 55.0 Å². The van der Waals surface area contributed by atoms with Crippen LogP contribution in [0.2, 0.25) is 0 Å². The highest BCUT2D eigenvalue weighted by atomic mass is 35.5. The smallest absolute Gasteiger partial charge is 0.279 e. The van der Waals surface area contributed by atoms with Crippen molar-refractivity contribution in [3.8, 4) is 0 Å². The summed E-state index contributed by atoms with van der Waals surface area (Å²) in [5.74, 6) is -1.56. The lowest BCUT2D eigenvalue weighted by Gasteiger charge is -2.15. The second-order valence-electron chi connectivity index (χ2n) is 7.66. The molecule has 8 heteroatoms. The van der Waals surface area contributed by atoms with Gasteiger partial charge in [0, 0.05) is 22.5 Å². The van der Waals surface area contributed by atoms with Crippen LogP contribution in [0.25, 0.3) is 0 Å². The summed E-state index contributed by atoms with van der Waals surface area (Å²) in [4.78, 5) is 50.6. The number of nitrogens with zero attached hydrogens (tertiary/aromatic N) is 1. The fourth-order valence-corrected chi connectivity index (χ4v) is 3.67. The van der Waals surface area contributed by atoms with E-state index in [4.69, 9.17) is 11.6 Å². The van der Waals surface area contributed by atoms with E-state index in [0.29, 0.717) is 22.5 Å². The number of amides is 3. The van der Waals surface area contributed by atoms with E-state index < -0.39 is 11.8 Å². The first kappa shape index (κ1) is 22.9. The van der Waals surface area contributed by atoms with Gasteiger partial charge in [0.1, 0.15) is 10.7 Å². The second kappa shape index (κ2) is 9.72. The number of carbonyl (C=O) groups is 4. The highest BCUT2D eigenvalue weighted by Gasteiger charge is 2.37. The molecule has 1 aliphatic heterocycles. The zero-order valence-corrected chi connectivity index (χ0v) is 18.9. The lowest BCUT2D eigenvalue weighted by atomic mass is 10.1. The minimum atomic E-state index is -0.582. The van der Waals surface area contributed by atoms with E-state index in [1.807, 2.05) is 30.3 Å². The van der Waals surface area contributed by atoms with Gasteiger partial charge < -0.3 is 10.6 Å². The largest absolute Gasteiger partial charge is 0.350 e. The number of rotatable bonds is 7. The second-order valence-corrected chi connectivity index (χ2v) is 8.04. The molecule has 0 radical (unpaired) electrons. The quantitative estimate of drug-likeness (QED) is 0.387. The van der Waals surface area contributed by atoms with Gasteiger partial charge in [0.15, 0.2) is 5.78 Å². The first-order chi connectivity index (χ1) is 16.3. The van der Waals surface area contributed by atoms with Crippen LogP contribution in [0.3, 0.4) is 0 Å². The van der Waals surface area contributed by atoms with Crippen molar-refractivity contribution in [1.82, 2.24) is 4.90 Å². The number of halogens is 1. The van der Waals surface area contributed by atoms with E-state index in [-0.39, 0.29) is 29.0 Å². The van der Waals surface area contributed by atoms with Crippen molar-refractivity contribution in [2.45, 2.75) is 13.5 Å². The van der Waals surface area contributed by atoms with Crippen LogP contribution in [0, 0.1) is 0 Å². The number of nitrogens with one attached hydrogen (secondary N) is 2. The molecule has 0 aliphatic carbocycles. The molecular weight excluding hydrogens is 454 g/mol. The zero-order valence-electron chi connectivity index (χ0n) is 18.2. The van der Waals surface area contributed by atoms with Crippen LogP contribution in [0.5, 0.6) is 0 Å². The maximum Gasteiger partial charge on any atom is 0.279 e. The molecular formula is C26H20ClN3O4. The van der Waals surface area contributed by atoms with Crippen molar-refractivity contribution in [3.05, 3.63) is 106 Å². The average molecular weight is 474 g/mol. The molecule has 0 fully saturated rings. The fraction of sp³-hybridized carbons (Fsp3) is 0.0769. The van der Waals surface area contributed by atoms with Crippen LogP contribution < -0.4 is 10.6 Å². The van der Waals surface area contributed by atoms with Gasteiger partial charge in [-0.3, -0.25) is 24.1 Å². The molecule has 1 heterocycles. The molecule has 3 aromatic carbocycles. The Labute approximate surface area is 201 Å². The van der Waals surface area contributed by atoms with Gasteiger partial charge in [-0.25, -0.2) is 0 Å². The molecule has 3 amide bonds. The number of carbonyl (C=O) groups excluding carboxylic acids is 4. The first-order valence-electron chi connectivity index (χ1n) is 10.4. The molecule has 0 unspecified atom stereocenters. The maximum absolute atomic E-state index is 12.9. The molecule has 1 aliphatic rings. The first-order valence-corrected chi connectivity index (χ1v) is 10.8. The molecule has 4 rings (SSSR count). The lowest BCUT2D eigenvalue weighted by Crippen LogP contribution is -2.31. The SMILES string of the molecule is CC(=O)c1ccc(NC(=O)c2cccc(NC3=C(Cl)C(=O)N(Cc4ccccc4)C3=O)c2)cc1. The summed E-state index contributed by atoms with van der Waals surface area (Å²) in [5.41, 5.74) is 2.59. The Balaban J connectivity index is 1.47. The number of hydrogen-bond donors (Lipinski definition) is 2. The third kappa shape index (κ3) is 4.89. The van der Waals surface area contributed by atoms with E-state index in [1.165, 1.54) is 6.92 Å². The summed E-state index contributed by atoms with van der Waals surface area (Å²) < 4.78 is 0. The number of anilines is 2. The molecule has 0 aromatic heterocycles. The molecule has 7 nitrogen and oxygen atoms in total. The van der Waals surface area contributed by atoms with E-state index in [9.17, 15) is 19.2 Å². The number of Topliss-reactive ketones (excluding diaryl/α,β-unsaturated/α-hetero) is 1. The minimum absolute atomic E-state index is 0.0417. The van der Waals surface area contributed by atoms with Gasteiger partial charge >= 0.3 is 0 Å². The van der Waals surface area contributed by atoms with Crippen molar-refractivity contribution >= 4 is 46.5 Å². The Hall–Kier alpha value is -4.23. The lowest BCUT2D eigenvalue weighted by molar-refractivity contribution is -0.138. The molecule has 2 N–H and O–H groups in total. The van der Waals surface area contributed by atoms with Crippen LogP contribution in [0.4, 0.5) is 11.4 Å². The average Bonchev–Trinajstić information content (AvgIpc) is 3.03. The third-order valence-corrected chi connectivity index (χ3v) is 5.59. The van der Waals surface area contributed by atoms with Crippen molar-refractivity contribution in [2.75, 3.05) is 10.6 Å². The Kier molecular flexibility index (Phi) is 6.56. The number of imide groups is 1. The van der Waals surface area contributed by atoms with Crippen LogP contribution >= 0.6 is 11.6 Å². The van der Waals surface area contributed by atoms with Gasteiger partial charge in [0.05, 0.1) is 6.54 Å². The fourth-order valence-electron chi connectivity index (χ4n) is 3.44. The van der Waals surface area contributed by atoms with E-state index in [1.54, 1.807) is 48.5 Å². The minimum Gasteiger partial charge on any atom is -0.350 e. The number of ketones is 1. The summed E-state index contributed by atoms with van der Waals surface area (Å²) in [6, 6.07) is 22.1. The van der Waals surface area contributed by atoms with Gasteiger partial charge in [0.2, 0.25) is 0 Å². The predicted molar refractivity (Wildman–Crippen MR) is 129 cm³/mol. The van der Waals surface area contributed by atoms with Gasteiger partial charge in [-0.15, -0.1) is 0 Å². The van der Waals surface area contributed by atoms with E-state index in [0.717, 1.165) is 10.5 Å². The molecule has 34 heavy (non-hydrogen) atoms. The molecule has 0 bridgehead atoms. The number of hydrogen-bond acceptors (Lipinski definition) is 5. The normalized spacial score (nSPS) is 13.3. The summed E-state index contributed by atoms with van der Waals surface area (Å²) in [6.07, 6.45) is 0. The van der Waals surface area contributed by atoms with Crippen LogP contribution in [0.1, 0.15) is 33.2 Å². The van der Waals surface area contributed by atoms with Crippen molar-refractivity contribution in [1.29, 1.82) is 0 Å². The molecule has 3 aromatic rings. The predicted octanol–water partition coefficient (Wildman–Crippen LogP) is 4.57. The Morgan fingerprint density at radius 3 is 2.21 bits per heavy atom. The maximum atomic E-state index is 12.9. The molecule has 170 valence electrons. The van der Waals surface area contributed by atoms with Crippen molar-refractivity contribution < 1.29 is 19.2 Å². The summed E-state index contributed by atoms with van der Waals surface area (Å²) in [5, 5.41) is 5.44. The zero-order chi connectivity index (χ0) is 24.2. The summed E-state index contributed by atoms with van der Waals surface area (Å²) >= 11 is 6.18. The van der Waals surface area contributed by atoms with E-state index >= 15 is 0 Å². The van der Waals surface area contributed by atoms with Gasteiger partial charge in [0.25, 0.3) is 17.7 Å². The highest BCUT2D eigenvalue weighted by Crippen LogP contribution is 2.27. The Morgan fingerprint density at radius 1 is 0.824 bits per heavy atom. The summed E-state index contributed by atoms with van der Waals surface area (Å²) in [7, 11) is 0. The van der Waals surface area contributed by atoms with Crippen LogP contribution in [-0.2, 0) is 16.1 Å². The topological polar surface area (TPSA) is 95.6 Å². The van der Waals surface area contributed by atoms with Crippen molar-refractivity contribution in [3.63, 3.8) is 0 Å². The van der Waals surface area contributed by atoms with E-state index in [2.05, 4.69) is 10.6 Å². The Morgan fingerprint density at radius 2 is 1.53 bits per heavy atom. The monoisotopic (exact) mass is 473 g/mol. The molecule has 0 saturated carbocycles. The molecule has 0 saturated heterocycles. The number of benzene rings is 3. The van der Waals surface area contributed by atoms with Crippen molar-refractivity contribution in [2.24, 2.45) is 0 Å². The standard InChI is InChI=1S/C26H20ClN3O4/c1-16(31)18-10-12-20(13-11-18)29-24(32)19-8-5-9-21(14-19)28-23-22(27)25(33)30(26(23)34)15-17-6-3-2-4-7-17/h2-14,28H,15H2,1H3,(H,29,32). The van der Waals surface area contributed by atoms with Gasteiger partial charge in [-0.2, -0.15) is 0 Å².